The first-order chi connectivity index (χ1) is 9.88. The first kappa shape index (κ1) is 16.5. The number of aromatic nitrogens is 2. The number of hydrogen-bond acceptors (Lipinski definition) is 4. The quantitative estimate of drug-likeness (QED) is 0.765. The molecular formula is C16H25ClN2O2. The summed E-state index contributed by atoms with van der Waals surface area (Å²) in [5, 5.41) is 0.219. The highest BCUT2D eigenvalue weighted by Crippen LogP contribution is 2.33. The average Bonchev–Trinajstić information content (AvgIpc) is 2.43. The number of halogens is 1. The second-order valence-electron chi connectivity index (χ2n) is 6.57. The third-order valence-electron chi connectivity index (χ3n) is 4.31. The zero-order chi connectivity index (χ0) is 15.5. The summed E-state index contributed by atoms with van der Waals surface area (Å²) in [5.41, 5.74) is 0.905. The van der Waals surface area contributed by atoms with E-state index in [1.165, 1.54) is 12.8 Å². The highest BCUT2D eigenvalue weighted by Gasteiger charge is 2.32. The van der Waals surface area contributed by atoms with Gasteiger partial charge in [-0.15, -0.1) is 0 Å². The van der Waals surface area contributed by atoms with E-state index in [-0.39, 0.29) is 16.8 Å². The summed E-state index contributed by atoms with van der Waals surface area (Å²) in [6.07, 6.45) is 6.63. The lowest BCUT2D eigenvalue weighted by molar-refractivity contribution is -0.0328. The van der Waals surface area contributed by atoms with E-state index >= 15 is 0 Å². The fourth-order valence-electron chi connectivity index (χ4n) is 2.57. The molecule has 0 radical (unpaired) electrons. The van der Waals surface area contributed by atoms with Gasteiger partial charge in [0, 0.05) is 23.8 Å². The van der Waals surface area contributed by atoms with E-state index in [1.807, 2.05) is 6.92 Å². The molecule has 1 aliphatic heterocycles. The van der Waals surface area contributed by atoms with Crippen molar-refractivity contribution in [3.05, 3.63) is 17.0 Å². The number of rotatable bonds is 5. The van der Waals surface area contributed by atoms with Crippen LogP contribution in [0.25, 0.3) is 0 Å². The molecule has 2 rings (SSSR count). The van der Waals surface area contributed by atoms with E-state index in [1.54, 1.807) is 6.20 Å². The van der Waals surface area contributed by atoms with Crippen molar-refractivity contribution in [3.8, 4) is 5.88 Å². The van der Waals surface area contributed by atoms with Gasteiger partial charge >= 0.3 is 0 Å². The zero-order valence-electron chi connectivity index (χ0n) is 13.4. The standard InChI is InChI=1S/C16H25ClN2O2/c1-11-10-18-15(17)19-14(11)21-12(2)16(3,4)9-13-7-5-6-8-20-13/h10,12-13H,5-9H2,1-4H3/t12-,13?/m1/s1. The van der Waals surface area contributed by atoms with Gasteiger partial charge in [0.25, 0.3) is 0 Å². The van der Waals surface area contributed by atoms with Crippen LogP contribution in [0.15, 0.2) is 6.20 Å². The Balaban J connectivity index is 1.99. The Kier molecular flexibility index (Phi) is 5.44. The van der Waals surface area contributed by atoms with E-state index in [9.17, 15) is 0 Å². The van der Waals surface area contributed by atoms with E-state index in [0.717, 1.165) is 25.0 Å². The van der Waals surface area contributed by atoms with Crippen molar-refractivity contribution in [2.75, 3.05) is 6.61 Å². The van der Waals surface area contributed by atoms with Crippen LogP contribution >= 0.6 is 11.6 Å². The van der Waals surface area contributed by atoms with Crippen LogP contribution in [0.2, 0.25) is 5.28 Å². The molecule has 0 saturated carbocycles. The molecule has 2 atom stereocenters. The molecule has 2 heterocycles. The van der Waals surface area contributed by atoms with E-state index < -0.39 is 0 Å². The smallest absolute Gasteiger partial charge is 0.225 e. The van der Waals surface area contributed by atoms with Gasteiger partial charge in [0.2, 0.25) is 11.2 Å². The lowest BCUT2D eigenvalue weighted by atomic mass is 9.80. The Labute approximate surface area is 132 Å². The molecule has 1 aromatic heterocycles. The van der Waals surface area contributed by atoms with Gasteiger partial charge in [0.15, 0.2) is 0 Å². The Hall–Kier alpha value is -0.870. The predicted molar refractivity (Wildman–Crippen MR) is 83.9 cm³/mol. The molecule has 21 heavy (non-hydrogen) atoms. The van der Waals surface area contributed by atoms with E-state index in [0.29, 0.717) is 12.0 Å². The summed E-state index contributed by atoms with van der Waals surface area (Å²) < 4.78 is 11.9. The van der Waals surface area contributed by atoms with Crippen LogP contribution in [-0.4, -0.2) is 28.8 Å². The predicted octanol–water partition coefficient (Wildman–Crippen LogP) is 4.19. The van der Waals surface area contributed by atoms with E-state index in [4.69, 9.17) is 21.1 Å². The van der Waals surface area contributed by atoms with Crippen molar-refractivity contribution >= 4 is 11.6 Å². The van der Waals surface area contributed by atoms with Crippen molar-refractivity contribution in [2.45, 2.75) is 65.6 Å². The summed E-state index contributed by atoms with van der Waals surface area (Å²) in [6.45, 7) is 9.33. The normalized spacial score (nSPS) is 21.1. The van der Waals surface area contributed by atoms with Crippen molar-refractivity contribution < 1.29 is 9.47 Å². The largest absolute Gasteiger partial charge is 0.474 e. The fourth-order valence-corrected chi connectivity index (χ4v) is 2.70. The molecule has 118 valence electrons. The third-order valence-corrected chi connectivity index (χ3v) is 4.49. The first-order valence-corrected chi connectivity index (χ1v) is 8.03. The van der Waals surface area contributed by atoms with Gasteiger partial charge in [-0.05, 0) is 51.1 Å². The molecule has 0 bridgehead atoms. The molecule has 0 amide bonds. The summed E-state index contributed by atoms with van der Waals surface area (Å²) in [4.78, 5) is 8.13. The van der Waals surface area contributed by atoms with Gasteiger partial charge in [-0.2, -0.15) is 4.98 Å². The fraction of sp³-hybridized carbons (Fsp3) is 0.750. The Morgan fingerprint density at radius 3 is 2.90 bits per heavy atom. The maximum absolute atomic E-state index is 6.04. The van der Waals surface area contributed by atoms with Crippen LogP contribution in [0.3, 0.4) is 0 Å². The molecule has 4 nitrogen and oxygen atoms in total. The average molecular weight is 313 g/mol. The molecule has 0 aliphatic carbocycles. The van der Waals surface area contributed by atoms with Gasteiger partial charge in [0.05, 0.1) is 6.10 Å². The number of ether oxygens (including phenoxy) is 2. The summed E-state index contributed by atoms with van der Waals surface area (Å²) in [6, 6.07) is 0. The molecule has 0 aromatic carbocycles. The summed E-state index contributed by atoms with van der Waals surface area (Å²) in [7, 11) is 0. The number of aryl methyl sites for hydroxylation is 1. The van der Waals surface area contributed by atoms with Crippen LogP contribution in [0.1, 0.15) is 52.0 Å². The molecule has 1 aromatic rings. The van der Waals surface area contributed by atoms with Crippen LogP contribution in [0, 0.1) is 12.3 Å². The molecule has 1 unspecified atom stereocenters. The van der Waals surface area contributed by atoms with Gasteiger partial charge in [-0.25, -0.2) is 4.98 Å². The topological polar surface area (TPSA) is 44.2 Å². The van der Waals surface area contributed by atoms with Crippen LogP contribution in [0.4, 0.5) is 0 Å². The van der Waals surface area contributed by atoms with Crippen molar-refractivity contribution in [2.24, 2.45) is 5.41 Å². The maximum atomic E-state index is 6.04. The van der Waals surface area contributed by atoms with Crippen LogP contribution in [0.5, 0.6) is 5.88 Å². The highest BCUT2D eigenvalue weighted by molar-refractivity contribution is 6.28. The minimum Gasteiger partial charge on any atom is -0.474 e. The maximum Gasteiger partial charge on any atom is 0.225 e. The Morgan fingerprint density at radius 2 is 2.24 bits per heavy atom. The van der Waals surface area contributed by atoms with Crippen LogP contribution in [-0.2, 0) is 4.74 Å². The van der Waals surface area contributed by atoms with Crippen molar-refractivity contribution in [3.63, 3.8) is 0 Å². The zero-order valence-corrected chi connectivity index (χ0v) is 14.1. The van der Waals surface area contributed by atoms with Gasteiger partial charge in [-0.1, -0.05) is 13.8 Å². The second kappa shape index (κ2) is 6.93. The van der Waals surface area contributed by atoms with Gasteiger partial charge in [0.1, 0.15) is 6.10 Å². The highest BCUT2D eigenvalue weighted by atomic mass is 35.5. The Bertz CT molecular complexity index is 473. The monoisotopic (exact) mass is 312 g/mol. The summed E-state index contributed by atoms with van der Waals surface area (Å²) in [5.74, 6) is 0.570. The number of nitrogens with zero attached hydrogens (tertiary/aromatic N) is 2. The lowest BCUT2D eigenvalue weighted by Gasteiger charge is -2.36. The molecular weight excluding hydrogens is 288 g/mol. The van der Waals surface area contributed by atoms with Crippen molar-refractivity contribution in [1.82, 2.24) is 9.97 Å². The molecule has 0 spiro atoms. The third kappa shape index (κ3) is 4.55. The molecule has 0 N–H and O–H groups in total. The molecule has 1 fully saturated rings. The SMILES string of the molecule is Cc1cnc(Cl)nc1O[C@H](C)C(C)(C)CC1CCCCO1. The van der Waals surface area contributed by atoms with E-state index in [2.05, 4.69) is 30.7 Å². The van der Waals surface area contributed by atoms with Gasteiger partial charge < -0.3 is 9.47 Å². The molecule has 5 heteroatoms. The molecule has 1 aliphatic rings. The van der Waals surface area contributed by atoms with Crippen LogP contribution < -0.4 is 4.74 Å². The first-order valence-electron chi connectivity index (χ1n) is 7.66. The van der Waals surface area contributed by atoms with Crippen molar-refractivity contribution in [1.29, 1.82) is 0 Å². The Morgan fingerprint density at radius 1 is 1.48 bits per heavy atom. The minimum absolute atomic E-state index is 0.00583. The molecule has 1 saturated heterocycles. The minimum atomic E-state index is 0.00583. The van der Waals surface area contributed by atoms with Gasteiger partial charge in [-0.3, -0.25) is 0 Å². The summed E-state index contributed by atoms with van der Waals surface area (Å²) >= 11 is 5.85. The number of hydrogen-bond donors (Lipinski definition) is 0. The second-order valence-corrected chi connectivity index (χ2v) is 6.91. The lowest BCUT2D eigenvalue weighted by Crippen LogP contribution is -2.37.